The van der Waals surface area contributed by atoms with Gasteiger partial charge in [0.1, 0.15) is 5.78 Å². The number of pyridine rings is 1. The highest BCUT2D eigenvalue weighted by molar-refractivity contribution is 6.11. The van der Waals surface area contributed by atoms with Gasteiger partial charge in [0.15, 0.2) is 5.92 Å². The van der Waals surface area contributed by atoms with Crippen molar-refractivity contribution in [1.82, 2.24) is 4.98 Å². The van der Waals surface area contributed by atoms with Crippen molar-refractivity contribution in [1.29, 1.82) is 0 Å². The molecule has 0 aliphatic heterocycles. The quantitative estimate of drug-likeness (QED) is 0.462. The molecule has 0 fully saturated rings. The van der Waals surface area contributed by atoms with E-state index in [0.717, 1.165) is 11.1 Å². The summed E-state index contributed by atoms with van der Waals surface area (Å²) in [7, 11) is 0. The van der Waals surface area contributed by atoms with E-state index in [2.05, 4.69) is 9.98 Å². The van der Waals surface area contributed by atoms with E-state index in [1.807, 2.05) is 36.4 Å². The van der Waals surface area contributed by atoms with Crippen LogP contribution in [0.15, 0.2) is 53.8 Å². The summed E-state index contributed by atoms with van der Waals surface area (Å²) in [5.74, 6) is -1.86. The maximum absolute atomic E-state index is 12.0. The zero-order chi connectivity index (χ0) is 17.5. The Morgan fingerprint density at radius 3 is 2.46 bits per heavy atom. The first-order valence-corrected chi connectivity index (χ1v) is 7.73. The van der Waals surface area contributed by atoms with Crippen LogP contribution >= 0.6 is 0 Å². The molecule has 0 radical (unpaired) electrons. The highest BCUT2D eigenvalue weighted by Crippen LogP contribution is 2.23. The lowest BCUT2D eigenvalue weighted by Crippen LogP contribution is -2.27. The van der Waals surface area contributed by atoms with Gasteiger partial charge in [-0.2, -0.15) is 0 Å². The van der Waals surface area contributed by atoms with Crippen molar-refractivity contribution in [3.05, 3.63) is 48.8 Å². The number of ketones is 1. The van der Waals surface area contributed by atoms with E-state index in [1.54, 1.807) is 26.2 Å². The lowest BCUT2D eigenvalue weighted by molar-refractivity contribution is -0.151. The van der Waals surface area contributed by atoms with Crippen LogP contribution in [0, 0.1) is 5.92 Å². The summed E-state index contributed by atoms with van der Waals surface area (Å²) in [6, 6.07) is 11.3. The van der Waals surface area contributed by atoms with Gasteiger partial charge in [-0.15, -0.1) is 0 Å². The number of aliphatic imine (C=N–C) groups is 1. The molecule has 0 spiro atoms. The minimum atomic E-state index is -0.989. The number of hydrogen-bond acceptors (Lipinski definition) is 5. The van der Waals surface area contributed by atoms with Crippen LogP contribution in [0.4, 0.5) is 5.69 Å². The molecular weight excluding hydrogens is 304 g/mol. The first-order chi connectivity index (χ1) is 11.5. The number of rotatable bonds is 6. The van der Waals surface area contributed by atoms with Crippen LogP contribution in [0.2, 0.25) is 0 Å². The maximum Gasteiger partial charge on any atom is 0.322 e. The Balaban J connectivity index is 2.21. The summed E-state index contributed by atoms with van der Waals surface area (Å²) in [4.78, 5) is 31.9. The summed E-state index contributed by atoms with van der Waals surface area (Å²) in [5.41, 5.74) is 2.66. The molecule has 0 saturated heterocycles. The topological polar surface area (TPSA) is 68.6 Å². The Bertz CT molecular complexity index is 739. The van der Waals surface area contributed by atoms with Gasteiger partial charge in [0.2, 0.25) is 0 Å². The molecular formula is C19H20N2O3. The van der Waals surface area contributed by atoms with E-state index < -0.39 is 11.9 Å². The highest BCUT2D eigenvalue weighted by Gasteiger charge is 2.23. The zero-order valence-corrected chi connectivity index (χ0v) is 14.0. The number of esters is 1. The monoisotopic (exact) mass is 324 g/mol. The van der Waals surface area contributed by atoms with Gasteiger partial charge in [-0.1, -0.05) is 12.1 Å². The zero-order valence-electron chi connectivity index (χ0n) is 14.0. The fourth-order valence-corrected chi connectivity index (χ4v) is 2.11. The van der Waals surface area contributed by atoms with Crippen molar-refractivity contribution in [3.8, 4) is 11.1 Å². The number of ether oxygens (including phenoxy) is 1. The Hall–Kier alpha value is -2.82. The summed E-state index contributed by atoms with van der Waals surface area (Å²) in [5, 5.41) is 0. The molecule has 1 aromatic carbocycles. The van der Waals surface area contributed by atoms with Gasteiger partial charge in [-0.25, -0.2) is 0 Å². The molecule has 1 heterocycles. The average molecular weight is 324 g/mol. The molecule has 0 saturated carbocycles. The van der Waals surface area contributed by atoms with Crippen molar-refractivity contribution in [2.75, 3.05) is 0 Å². The standard InChI is InChI=1S/C19H20N2O3/c1-13(2)24-19(23)18(14(3)22)12-21-17-6-4-5-16(11-17)15-7-9-20-10-8-15/h4-13,18H,1-3H3. The largest absolute Gasteiger partial charge is 0.462 e. The van der Waals surface area contributed by atoms with E-state index in [0.29, 0.717) is 5.69 Å². The van der Waals surface area contributed by atoms with Crippen molar-refractivity contribution in [2.24, 2.45) is 10.9 Å². The molecule has 2 aromatic rings. The van der Waals surface area contributed by atoms with Gasteiger partial charge in [-0.05, 0) is 56.2 Å². The van der Waals surface area contributed by atoms with Gasteiger partial charge in [0.25, 0.3) is 0 Å². The molecule has 0 aliphatic rings. The predicted molar refractivity (Wildman–Crippen MR) is 93.2 cm³/mol. The summed E-state index contributed by atoms with van der Waals surface area (Å²) in [6.45, 7) is 4.83. The van der Waals surface area contributed by atoms with E-state index in [9.17, 15) is 9.59 Å². The van der Waals surface area contributed by atoms with Crippen molar-refractivity contribution in [2.45, 2.75) is 26.9 Å². The highest BCUT2D eigenvalue weighted by atomic mass is 16.5. The number of aromatic nitrogens is 1. The Morgan fingerprint density at radius 2 is 1.83 bits per heavy atom. The van der Waals surface area contributed by atoms with Crippen molar-refractivity contribution < 1.29 is 14.3 Å². The lowest BCUT2D eigenvalue weighted by Gasteiger charge is -2.11. The van der Waals surface area contributed by atoms with E-state index >= 15 is 0 Å². The van der Waals surface area contributed by atoms with Gasteiger partial charge < -0.3 is 4.74 Å². The molecule has 2 rings (SSSR count). The molecule has 1 aromatic heterocycles. The van der Waals surface area contributed by atoms with Gasteiger partial charge >= 0.3 is 5.97 Å². The van der Waals surface area contributed by atoms with Crippen LogP contribution < -0.4 is 0 Å². The van der Waals surface area contributed by atoms with Crippen molar-refractivity contribution >= 4 is 23.7 Å². The molecule has 24 heavy (non-hydrogen) atoms. The molecule has 0 bridgehead atoms. The molecule has 0 aliphatic carbocycles. The SMILES string of the molecule is CC(=O)C(C=Nc1cccc(-c2ccncc2)c1)C(=O)OC(C)C. The minimum Gasteiger partial charge on any atom is -0.462 e. The van der Waals surface area contributed by atoms with Crippen LogP contribution in [0.25, 0.3) is 11.1 Å². The van der Waals surface area contributed by atoms with Crippen LogP contribution in [-0.2, 0) is 14.3 Å². The van der Waals surface area contributed by atoms with E-state index in [-0.39, 0.29) is 11.9 Å². The van der Waals surface area contributed by atoms with Crippen LogP contribution in [-0.4, -0.2) is 29.1 Å². The minimum absolute atomic E-state index is 0.275. The number of carbonyl (C=O) groups excluding carboxylic acids is 2. The van der Waals surface area contributed by atoms with Crippen LogP contribution in [0.1, 0.15) is 20.8 Å². The number of benzene rings is 1. The van der Waals surface area contributed by atoms with Crippen LogP contribution in [0.3, 0.4) is 0 Å². The average Bonchev–Trinajstić information content (AvgIpc) is 2.55. The Morgan fingerprint density at radius 1 is 1.12 bits per heavy atom. The third-order valence-electron chi connectivity index (χ3n) is 3.28. The number of carbonyl (C=O) groups is 2. The Labute approximate surface area is 141 Å². The molecule has 5 nitrogen and oxygen atoms in total. The fraction of sp³-hybridized carbons (Fsp3) is 0.263. The summed E-state index contributed by atoms with van der Waals surface area (Å²) in [6.07, 6.45) is 4.51. The number of nitrogens with zero attached hydrogens (tertiary/aromatic N) is 2. The smallest absolute Gasteiger partial charge is 0.322 e. The fourth-order valence-electron chi connectivity index (χ4n) is 2.11. The normalized spacial score (nSPS) is 12.3. The van der Waals surface area contributed by atoms with E-state index in [4.69, 9.17) is 4.74 Å². The summed E-state index contributed by atoms with van der Waals surface area (Å²) >= 11 is 0. The molecule has 0 N–H and O–H groups in total. The van der Waals surface area contributed by atoms with Gasteiger partial charge in [-0.3, -0.25) is 19.6 Å². The van der Waals surface area contributed by atoms with E-state index in [1.165, 1.54) is 13.1 Å². The van der Waals surface area contributed by atoms with Crippen LogP contribution in [0.5, 0.6) is 0 Å². The third-order valence-corrected chi connectivity index (χ3v) is 3.28. The maximum atomic E-state index is 12.0. The van der Waals surface area contributed by atoms with Crippen molar-refractivity contribution in [3.63, 3.8) is 0 Å². The lowest BCUT2D eigenvalue weighted by atomic mass is 10.1. The molecule has 1 unspecified atom stereocenters. The number of Topliss-reactive ketones (excluding diaryl/α,β-unsaturated/α-hetero) is 1. The van der Waals surface area contributed by atoms with Gasteiger partial charge in [0, 0.05) is 18.6 Å². The molecule has 5 heteroatoms. The molecule has 0 amide bonds. The molecule has 1 atom stereocenters. The first kappa shape index (κ1) is 17.5. The number of hydrogen-bond donors (Lipinski definition) is 0. The second kappa shape index (κ2) is 8.15. The second-order valence-electron chi connectivity index (χ2n) is 5.64. The first-order valence-electron chi connectivity index (χ1n) is 7.73. The van der Waals surface area contributed by atoms with Gasteiger partial charge in [0.05, 0.1) is 11.8 Å². The Kier molecular flexibility index (Phi) is 5.95. The second-order valence-corrected chi connectivity index (χ2v) is 5.64. The predicted octanol–water partition coefficient (Wildman–Crippen LogP) is 3.61. The molecule has 124 valence electrons. The third kappa shape index (κ3) is 4.84. The summed E-state index contributed by atoms with van der Waals surface area (Å²) < 4.78 is 5.10.